The Morgan fingerprint density at radius 2 is 2.00 bits per heavy atom. The second-order valence-corrected chi connectivity index (χ2v) is 5.51. The SMILES string of the molecule is Cc1cc(C)c(NC(=O)CN2C(=O)CN(C)C2=O)c(Cl)c1. The van der Waals surface area contributed by atoms with Crippen molar-refractivity contribution in [3.05, 3.63) is 28.3 Å². The fourth-order valence-electron chi connectivity index (χ4n) is 2.22. The zero-order chi connectivity index (χ0) is 15.7. The van der Waals surface area contributed by atoms with Crippen molar-refractivity contribution < 1.29 is 14.4 Å². The molecule has 112 valence electrons. The van der Waals surface area contributed by atoms with E-state index < -0.39 is 11.9 Å². The van der Waals surface area contributed by atoms with E-state index in [2.05, 4.69) is 5.32 Å². The molecule has 0 radical (unpaired) electrons. The molecule has 0 spiro atoms. The molecule has 1 aliphatic heterocycles. The minimum absolute atomic E-state index is 0.00354. The summed E-state index contributed by atoms with van der Waals surface area (Å²) in [5, 5.41) is 3.08. The van der Waals surface area contributed by atoms with Crippen molar-refractivity contribution >= 4 is 35.1 Å². The van der Waals surface area contributed by atoms with Gasteiger partial charge in [-0.2, -0.15) is 0 Å². The maximum atomic E-state index is 12.0. The van der Waals surface area contributed by atoms with Crippen molar-refractivity contribution in [2.24, 2.45) is 0 Å². The van der Waals surface area contributed by atoms with Crippen LogP contribution in [0.4, 0.5) is 10.5 Å². The summed E-state index contributed by atoms with van der Waals surface area (Å²) >= 11 is 6.11. The molecule has 1 saturated heterocycles. The van der Waals surface area contributed by atoms with E-state index in [1.165, 1.54) is 11.9 Å². The summed E-state index contributed by atoms with van der Waals surface area (Å²) in [6, 6.07) is 3.16. The number of carbonyl (C=O) groups is 3. The molecule has 1 aromatic rings. The first-order valence-electron chi connectivity index (χ1n) is 6.41. The van der Waals surface area contributed by atoms with Crippen LogP contribution in [0.2, 0.25) is 5.02 Å². The molecule has 4 amide bonds. The predicted molar refractivity (Wildman–Crippen MR) is 79.3 cm³/mol. The lowest BCUT2D eigenvalue weighted by atomic mass is 10.1. The number of aryl methyl sites for hydroxylation is 2. The monoisotopic (exact) mass is 309 g/mol. The first-order chi connectivity index (χ1) is 9.79. The van der Waals surface area contributed by atoms with Crippen LogP contribution in [0.3, 0.4) is 0 Å². The Morgan fingerprint density at radius 1 is 1.33 bits per heavy atom. The lowest BCUT2D eigenvalue weighted by Gasteiger charge is -2.15. The highest BCUT2D eigenvalue weighted by Crippen LogP contribution is 2.27. The molecule has 0 atom stereocenters. The summed E-state index contributed by atoms with van der Waals surface area (Å²) in [6.07, 6.45) is 0. The summed E-state index contributed by atoms with van der Waals surface area (Å²) in [7, 11) is 1.51. The number of nitrogens with one attached hydrogen (secondary N) is 1. The highest BCUT2D eigenvalue weighted by Gasteiger charge is 2.34. The standard InChI is InChI=1S/C14H16ClN3O3/c1-8-4-9(2)13(10(15)5-8)16-11(19)6-18-12(20)7-17(3)14(18)21/h4-5H,6-7H2,1-3H3,(H,16,19). The minimum Gasteiger partial charge on any atom is -0.323 e. The highest BCUT2D eigenvalue weighted by molar-refractivity contribution is 6.34. The Kier molecular flexibility index (Phi) is 4.18. The van der Waals surface area contributed by atoms with Gasteiger partial charge in [0.2, 0.25) is 5.91 Å². The number of hydrogen-bond acceptors (Lipinski definition) is 3. The second-order valence-electron chi connectivity index (χ2n) is 5.11. The molecule has 0 saturated carbocycles. The van der Waals surface area contributed by atoms with Gasteiger partial charge in [0, 0.05) is 7.05 Å². The maximum absolute atomic E-state index is 12.0. The van der Waals surface area contributed by atoms with E-state index in [-0.39, 0.29) is 19.0 Å². The molecule has 1 fully saturated rings. The largest absolute Gasteiger partial charge is 0.327 e. The van der Waals surface area contributed by atoms with E-state index in [4.69, 9.17) is 11.6 Å². The van der Waals surface area contributed by atoms with Crippen molar-refractivity contribution in [3.8, 4) is 0 Å². The van der Waals surface area contributed by atoms with Crippen LogP contribution in [0, 0.1) is 13.8 Å². The van der Waals surface area contributed by atoms with E-state index in [1.807, 2.05) is 19.9 Å². The summed E-state index contributed by atoms with van der Waals surface area (Å²) in [5.74, 6) is -0.842. The lowest BCUT2D eigenvalue weighted by Crippen LogP contribution is -2.38. The van der Waals surface area contributed by atoms with Crippen molar-refractivity contribution in [2.45, 2.75) is 13.8 Å². The van der Waals surface area contributed by atoms with Gasteiger partial charge in [-0.3, -0.25) is 14.5 Å². The Bertz CT molecular complexity index is 607. The number of amides is 4. The van der Waals surface area contributed by atoms with Crippen LogP contribution >= 0.6 is 11.6 Å². The molecule has 7 heteroatoms. The molecule has 0 aromatic heterocycles. The Labute approximate surface area is 127 Å². The van der Waals surface area contributed by atoms with Gasteiger partial charge < -0.3 is 10.2 Å². The third kappa shape index (κ3) is 3.16. The Balaban J connectivity index is 2.10. The number of benzene rings is 1. The second kappa shape index (κ2) is 5.73. The van der Waals surface area contributed by atoms with Crippen LogP contribution in [0.25, 0.3) is 0 Å². The highest BCUT2D eigenvalue weighted by atomic mass is 35.5. The minimum atomic E-state index is -0.470. The molecule has 1 aliphatic rings. The molecular formula is C14H16ClN3O3. The van der Waals surface area contributed by atoms with Gasteiger partial charge >= 0.3 is 6.03 Å². The smallest absolute Gasteiger partial charge is 0.323 e. The van der Waals surface area contributed by atoms with Gasteiger partial charge in [0.25, 0.3) is 5.91 Å². The average Bonchev–Trinajstić information content (AvgIpc) is 2.60. The number of imide groups is 1. The van der Waals surface area contributed by atoms with Crippen molar-refractivity contribution in [2.75, 3.05) is 25.5 Å². The molecule has 0 aliphatic carbocycles. The van der Waals surface area contributed by atoms with Crippen molar-refractivity contribution in [1.29, 1.82) is 0 Å². The third-order valence-corrected chi connectivity index (χ3v) is 3.53. The molecule has 0 bridgehead atoms. The fourth-order valence-corrected chi connectivity index (χ4v) is 2.59. The van der Waals surface area contributed by atoms with E-state index in [9.17, 15) is 14.4 Å². The van der Waals surface area contributed by atoms with Gasteiger partial charge in [-0.25, -0.2) is 4.79 Å². The molecular weight excluding hydrogens is 294 g/mol. The van der Waals surface area contributed by atoms with E-state index in [1.54, 1.807) is 6.07 Å². The van der Waals surface area contributed by atoms with Crippen LogP contribution in [-0.4, -0.2) is 47.8 Å². The number of likely N-dealkylation sites (N-methyl/N-ethyl adjacent to an activating group) is 1. The van der Waals surface area contributed by atoms with Gasteiger partial charge in [0.05, 0.1) is 10.7 Å². The van der Waals surface area contributed by atoms with Gasteiger partial charge in [0.15, 0.2) is 0 Å². The summed E-state index contributed by atoms with van der Waals surface area (Å²) < 4.78 is 0. The lowest BCUT2D eigenvalue weighted by molar-refractivity contribution is -0.129. The number of anilines is 1. The zero-order valence-electron chi connectivity index (χ0n) is 12.1. The van der Waals surface area contributed by atoms with Crippen LogP contribution in [0.5, 0.6) is 0 Å². The van der Waals surface area contributed by atoms with Crippen molar-refractivity contribution in [1.82, 2.24) is 9.80 Å². The fraction of sp³-hybridized carbons (Fsp3) is 0.357. The summed E-state index contributed by atoms with van der Waals surface area (Å²) in [5.41, 5.74) is 2.31. The Morgan fingerprint density at radius 3 is 2.52 bits per heavy atom. The van der Waals surface area contributed by atoms with Crippen LogP contribution in [0.1, 0.15) is 11.1 Å². The van der Waals surface area contributed by atoms with Gasteiger partial charge in [-0.15, -0.1) is 0 Å². The molecule has 1 N–H and O–H groups in total. The molecule has 6 nitrogen and oxygen atoms in total. The van der Waals surface area contributed by atoms with Crippen LogP contribution in [-0.2, 0) is 9.59 Å². The first-order valence-corrected chi connectivity index (χ1v) is 6.79. The third-order valence-electron chi connectivity index (χ3n) is 3.23. The molecule has 21 heavy (non-hydrogen) atoms. The van der Waals surface area contributed by atoms with E-state index in [0.717, 1.165) is 16.0 Å². The number of hydrogen-bond donors (Lipinski definition) is 1. The normalized spacial score (nSPS) is 14.9. The molecule has 1 heterocycles. The van der Waals surface area contributed by atoms with Crippen LogP contribution < -0.4 is 5.32 Å². The summed E-state index contributed by atoms with van der Waals surface area (Å²) in [4.78, 5) is 37.5. The Hall–Kier alpha value is -2.08. The van der Waals surface area contributed by atoms with Gasteiger partial charge in [-0.05, 0) is 31.0 Å². The first kappa shape index (κ1) is 15.3. The van der Waals surface area contributed by atoms with E-state index in [0.29, 0.717) is 10.7 Å². The molecule has 0 unspecified atom stereocenters. The summed E-state index contributed by atoms with van der Waals surface area (Å²) in [6.45, 7) is 3.42. The van der Waals surface area contributed by atoms with E-state index >= 15 is 0 Å². The number of halogens is 1. The van der Waals surface area contributed by atoms with Crippen molar-refractivity contribution in [3.63, 3.8) is 0 Å². The van der Waals surface area contributed by atoms with Crippen LogP contribution in [0.15, 0.2) is 12.1 Å². The molecule has 1 aromatic carbocycles. The number of urea groups is 1. The maximum Gasteiger partial charge on any atom is 0.327 e. The predicted octanol–water partition coefficient (Wildman–Crippen LogP) is 1.79. The van der Waals surface area contributed by atoms with Gasteiger partial charge in [-0.1, -0.05) is 17.7 Å². The average molecular weight is 310 g/mol. The van der Waals surface area contributed by atoms with Gasteiger partial charge in [0.1, 0.15) is 13.1 Å². The number of carbonyl (C=O) groups excluding carboxylic acids is 3. The quantitative estimate of drug-likeness (QED) is 0.865. The number of rotatable bonds is 3. The molecule has 2 rings (SSSR count). The topological polar surface area (TPSA) is 69.7 Å². The zero-order valence-corrected chi connectivity index (χ0v) is 12.8. The number of nitrogens with zero attached hydrogens (tertiary/aromatic N) is 2.